The number of rotatable bonds is 8. The molecule has 88 heavy (non-hydrogen) atoms. The summed E-state index contributed by atoms with van der Waals surface area (Å²) in [7, 11) is 0. The summed E-state index contributed by atoms with van der Waals surface area (Å²) >= 11 is 0. The van der Waals surface area contributed by atoms with Gasteiger partial charge in [-0.05, 0) is 149 Å². The van der Waals surface area contributed by atoms with Crippen LogP contribution in [-0.4, -0.2) is 11.3 Å². The third-order valence-corrected chi connectivity index (χ3v) is 18.0. The van der Waals surface area contributed by atoms with Gasteiger partial charge in [-0.15, -0.1) is 0 Å². The fraction of sp³-hybridized carbons (Fsp3) is 0.143. The number of aromatic nitrogens is 1. The Morgan fingerprint density at radius 1 is 0.330 bits per heavy atom. The average molecular weight is 1140 g/mol. The summed E-state index contributed by atoms with van der Waals surface area (Å²) in [5.41, 5.74) is 19.7. The molecule has 15 rings (SSSR count). The summed E-state index contributed by atoms with van der Waals surface area (Å²) in [5, 5.41) is 1.98. The molecule has 426 valence electrons. The summed E-state index contributed by atoms with van der Waals surface area (Å²) in [6.07, 6.45) is 0. The Morgan fingerprint density at radius 2 is 0.773 bits per heavy atom. The van der Waals surface area contributed by atoms with Crippen molar-refractivity contribution in [3.8, 4) is 61.3 Å². The molecular formula is C84H72BN3. The largest absolute Gasteiger partial charge is 0.310 e. The van der Waals surface area contributed by atoms with Gasteiger partial charge >= 0.3 is 0 Å². The first kappa shape index (κ1) is 44.5. The minimum Gasteiger partial charge on any atom is -0.310 e. The molecule has 12 aromatic carbocycles. The van der Waals surface area contributed by atoms with E-state index < -0.39 is 48.4 Å². The molecule has 0 saturated carbocycles. The van der Waals surface area contributed by atoms with Gasteiger partial charge in [0.2, 0.25) is 0 Å². The molecule has 3 nitrogen and oxygen atoms in total. The van der Waals surface area contributed by atoms with Gasteiger partial charge in [0.05, 0.1) is 36.1 Å². The summed E-state index contributed by atoms with van der Waals surface area (Å²) in [5.74, 6) is 0. The molecule has 0 spiro atoms. The van der Waals surface area contributed by atoms with E-state index in [1.165, 1.54) is 5.56 Å². The maximum absolute atomic E-state index is 9.56. The molecule has 0 saturated heterocycles. The number of nitrogens with zero attached hydrogens (tertiary/aromatic N) is 3. The van der Waals surface area contributed by atoms with Crippen LogP contribution < -0.4 is 26.2 Å². The van der Waals surface area contributed by atoms with Crippen LogP contribution >= 0.6 is 0 Å². The maximum atomic E-state index is 9.56. The van der Waals surface area contributed by atoms with Crippen LogP contribution in [0, 0.1) is 0 Å². The van der Waals surface area contributed by atoms with Crippen molar-refractivity contribution in [2.24, 2.45) is 0 Å². The van der Waals surface area contributed by atoms with Gasteiger partial charge in [-0.2, -0.15) is 0 Å². The molecule has 3 heterocycles. The van der Waals surface area contributed by atoms with Crippen LogP contribution in [-0.2, 0) is 16.2 Å². The fourth-order valence-electron chi connectivity index (χ4n) is 13.5. The van der Waals surface area contributed by atoms with Crippen molar-refractivity contribution in [2.45, 2.75) is 78.6 Å². The molecule has 0 aliphatic carbocycles. The highest BCUT2D eigenvalue weighted by molar-refractivity contribution is 7.00. The van der Waals surface area contributed by atoms with Gasteiger partial charge in [0.15, 0.2) is 0 Å². The minimum absolute atomic E-state index is 0.0737. The molecule has 0 bridgehead atoms. The molecule has 0 amide bonds. The van der Waals surface area contributed by atoms with Crippen molar-refractivity contribution in [3.05, 3.63) is 289 Å². The Morgan fingerprint density at radius 3 is 1.28 bits per heavy atom. The molecule has 0 fully saturated rings. The maximum Gasteiger partial charge on any atom is 0.252 e. The van der Waals surface area contributed by atoms with Gasteiger partial charge in [0.1, 0.15) is 0 Å². The Labute approximate surface area is 534 Å². The fourth-order valence-corrected chi connectivity index (χ4v) is 13.5. The summed E-state index contributed by atoms with van der Waals surface area (Å²) in [6, 6.07) is 70.7. The smallest absolute Gasteiger partial charge is 0.252 e. The van der Waals surface area contributed by atoms with Gasteiger partial charge in [0, 0.05) is 55.9 Å². The van der Waals surface area contributed by atoms with Crippen molar-refractivity contribution >= 4 is 79.0 Å². The van der Waals surface area contributed by atoms with Gasteiger partial charge < -0.3 is 14.4 Å². The predicted molar refractivity (Wildman–Crippen MR) is 378 cm³/mol. The second-order valence-corrected chi connectivity index (χ2v) is 26.6. The highest BCUT2D eigenvalue weighted by atomic mass is 15.2. The van der Waals surface area contributed by atoms with Crippen LogP contribution in [0.15, 0.2) is 273 Å². The lowest BCUT2D eigenvalue weighted by atomic mass is 9.33. The lowest BCUT2D eigenvalue weighted by Crippen LogP contribution is -2.61. The number of hydrogen-bond acceptors (Lipinski definition) is 2. The van der Waals surface area contributed by atoms with E-state index in [0.29, 0.717) is 11.1 Å². The lowest BCUT2D eigenvalue weighted by molar-refractivity contribution is 0.590. The first-order valence-electron chi connectivity index (χ1n) is 35.5. The van der Waals surface area contributed by atoms with E-state index in [9.17, 15) is 5.48 Å². The SMILES string of the molecule is [2H]c1c([2H])c([2H])c(-c2ccc3c(c2)N(c2c(-c4ccccc4)cc(C(C)(C)C)cc2-c2ccccc2)c2cc(C(C)(C)C)cc4c2B3c2ccc(-c3c([2H])c([2H])c([2H])c([2H])c3[2H])cc2N4c2c(-c3ccc(C(C)(C)C)cc3)ccc3c2c2ccccc2n3-c2ccccc2)c([2H])c1[2H]. The van der Waals surface area contributed by atoms with Gasteiger partial charge in [0.25, 0.3) is 6.71 Å². The third-order valence-electron chi connectivity index (χ3n) is 18.0. The quantitative estimate of drug-likeness (QED) is 0.141. The van der Waals surface area contributed by atoms with Crippen molar-refractivity contribution < 1.29 is 13.7 Å². The number of hydrogen-bond donors (Lipinski definition) is 0. The zero-order valence-corrected chi connectivity index (χ0v) is 51.1. The second-order valence-electron chi connectivity index (χ2n) is 26.6. The normalized spacial score (nSPS) is 14.6. The molecule has 13 aromatic rings. The molecule has 2 aliphatic heterocycles. The first-order chi connectivity index (χ1) is 46.7. The Hall–Kier alpha value is -9.90. The predicted octanol–water partition coefficient (Wildman–Crippen LogP) is 21.1. The number of para-hydroxylation sites is 2. The van der Waals surface area contributed by atoms with Crippen LogP contribution in [0.3, 0.4) is 0 Å². The highest BCUT2D eigenvalue weighted by Crippen LogP contribution is 2.55. The van der Waals surface area contributed by atoms with E-state index in [1.807, 2.05) is 42.5 Å². The molecule has 4 heteroatoms. The summed E-state index contributed by atoms with van der Waals surface area (Å²) in [4.78, 5) is 4.81. The van der Waals surface area contributed by atoms with Gasteiger partial charge in [-0.25, -0.2) is 0 Å². The van der Waals surface area contributed by atoms with E-state index in [2.05, 4.69) is 247 Å². The molecular weight excluding hydrogens is 1060 g/mol. The van der Waals surface area contributed by atoms with Crippen LogP contribution in [0.1, 0.15) is 92.7 Å². The van der Waals surface area contributed by atoms with Crippen molar-refractivity contribution in [3.63, 3.8) is 0 Å². The lowest BCUT2D eigenvalue weighted by Gasteiger charge is -2.46. The average Bonchev–Trinajstić information content (AvgIpc) is 0.899. The Kier molecular flexibility index (Phi) is 10.6. The van der Waals surface area contributed by atoms with Gasteiger partial charge in [-0.1, -0.05) is 274 Å². The van der Waals surface area contributed by atoms with E-state index in [-0.39, 0.29) is 46.1 Å². The number of benzene rings is 12. The second kappa shape index (κ2) is 20.9. The van der Waals surface area contributed by atoms with Crippen LogP contribution in [0.5, 0.6) is 0 Å². The van der Waals surface area contributed by atoms with E-state index in [4.69, 9.17) is 8.22 Å². The molecule has 1 aromatic heterocycles. The van der Waals surface area contributed by atoms with Gasteiger partial charge in [-0.3, -0.25) is 0 Å². The zero-order chi connectivity index (χ0) is 68.9. The van der Waals surface area contributed by atoms with Crippen LogP contribution in [0.25, 0.3) is 83.1 Å². The molecule has 0 radical (unpaired) electrons. The van der Waals surface area contributed by atoms with Crippen molar-refractivity contribution in [1.29, 1.82) is 0 Å². The Bertz CT molecular complexity index is 5340. The molecule has 0 N–H and O–H groups in total. The van der Waals surface area contributed by atoms with Crippen molar-refractivity contribution in [2.75, 3.05) is 9.80 Å². The van der Waals surface area contributed by atoms with E-state index >= 15 is 0 Å². The summed E-state index contributed by atoms with van der Waals surface area (Å²) in [6.45, 7) is 19.5. The number of fused-ring (bicyclic) bond motifs is 7. The van der Waals surface area contributed by atoms with Crippen LogP contribution in [0.4, 0.5) is 34.1 Å². The molecule has 2 aliphatic rings. The standard InChI is InChI=1S/C84H72BN3/c1-82(2,3)62-43-39-59(40-44-62)66-45-48-73-78(67-37-25-26-38-72(67)86(73)65-35-23-14-24-36-65)81(66)88-75-50-61(56-29-17-11-18-30-56)42-47-71(75)85-70-46-41-60(55-27-15-10-16-28-55)49-74(70)87(76-53-64(84(7,8)9)54-77(88)79(76)85)80-68(57-31-19-12-20-32-57)51-63(83(4,5)6)52-69(80)58-33-21-13-22-34-58/h10-54H,1-9H3/i10D,11D,15D,16D,17D,18D,27D,28D,29D,30D. The van der Waals surface area contributed by atoms with Crippen molar-refractivity contribution in [1.82, 2.24) is 4.57 Å². The monoisotopic (exact) mass is 1140 g/mol. The Balaban J connectivity index is 1.17. The number of anilines is 6. The summed E-state index contributed by atoms with van der Waals surface area (Å²) < 4.78 is 94.1. The van der Waals surface area contributed by atoms with Crippen LogP contribution in [0.2, 0.25) is 0 Å². The topological polar surface area (TPSA) is 11.4 Å². The zero-order valence-electron chi connectivity index (χ0n) is 61.1. The molecule has 0 unspecified atom stereocenters. The van der Waals surface area contributed by atoms with E-state index in [1.54, 1.807) is 0 Å². The first-order valence-corrected chi connectivity index (χ1v) is 30.5. The third kappa shape index (κ3) is 9.19. The highest BCUT2D eigenvalue weighted by Gasteiger charge is 2.46. The van der Waals surface area contributed by atoms with E-state index in [0.717, 1.165) is 123 Å². The minimum atomic E-state index is -0.580. The molecule has 0 atom stereocenters.